The molecule has 0 aliphatic carbocycles. The van der Waals surface area contributed by atoms with Gasteiger partial charge in [-0.25, -0.2) is 0 Å². The van der Waals surface area contributed by atoms with Crippen molar-refractivity contribution in [2.75, 3.05) is 33.0 Å². The lowest BCUT2D eigenvalue weighted by molar-refractivity contribution is -0.128. The number of ether oxygens (including phenoxy) is 2. The number of aldehydes is 1. The van der Waals surface area contributed by atoms with E-state index in [4.69, 9.17) is 15.2 Å². The van der Waals surface area contributed by atoms with Gasteiger partial charge in [-0.1, -0.05) is 13.8 Å². The highest BCUT2D eigenvalue weighted by Gasteiger charge is 2.12. The molecule has 0 spiro atoms. The number of rotatable bonds is 11. The maximum Gasteiger partial charge on any atom is 0.246 e. The molecule has 0 heterocycles. The molecular formula is C12H24N2O4. The predicted octanol–water partition coefficient (Wildman–Crippen LogP) is -0.292. The molecule has 0 radical (unpaired) electrons. The molecule has 0 aliphatic heterocycles. The number of amides is 1. The SMILES string of the molecule is CC(C)CC(C=O)NC(=O)COCCOCCN. The molecule has 0 fully saturated rings. The van der Waals surface area contributed by atoms with E-state index in [1.165, 1.54) is 0 Å². The van der Waals surface area contributed by atoms with E-state index in [-0.39, 0.29) is 12.5 Å². The molecule has 3 N–H and O–H groups in total. The minimum Gasteiger partial charge on any atom is -0.378 e. The van der Waals surface area contributed by atoms with E-state index in [0.717, 1.165) is 6.29 Å². The second kappa shape index (κ2) is 11.1. The van der Waals surface area contributed by atoms with Crippen molar-refractivity contribution in [1.82, 2.24) is 5.32 Å². The van der Waals surface area contributed by atoms with Crippen LogP contribution in [0.1, 0.15) is 20.3 Å². The van der Waals surface area contributed by atoms with Crippen LogP contribution in [-0.4, -0.2) is 51.2 Å². The topological polar surface area (TPSA) is 90.7 Å². The zero-order valence-corrected chi connectivity index (χ0v) is 11.2. The molecule has 0 bridgehead atoms. The fourth-order valence-corrected chi connectivity index (χ4v) is 1.37. The van der Waals surface area contributed by atoms with Gasteiger partial charge >= 0.3 is 0 Å². The van der Waals surface area contributed by atoms with Crippen molar-refractivity contribution in [3.63, 3.8) is 0 Å². The van der Waals surface area contributed by atoms with Gasteiger partial charge in [0.15, 0.2) is 0 Å². The summed E-state index contributed by atoms with van der Waals surface area (Å²) in [5.74, 6) is 0.0673. The summed E-state index contributed by atoms with van der Waals surface area (Å²) in [6.07, 6.45) is 1.39. The highest BCUT2D eigenvalue weighted by Crippen LogP contribution is 2.02. The van der Waals surface area contributed by atoms with Gasteiger partial charge in [0, 0.05) is 6.54 Å². The van der Waals surface area contributed by atoms with Crippen molar-refractivity contribution in [2.45, 2.75) is 26.3 Å². The number of nitrogens with two attached hydrogens (primary N) is 1. The Hall–Kier alpha value is -0.980. The summed E-state index contributed by atoms with van der Waals surface area (Å²) in [7, 11) is 0. The Morgan fingerprint density at radius 3 is 2.50 bits per heavy atom. The maximum absolute atomic E-state index is 11.4. The van der Waals surface area contributed by atoms with Crippen LogP contribution in [0, 0.1) is 5.92 Å². The van der Waals surface area contributed by atoms with Crippen molar-refractivity contribution < 1.29 is 19.1 Å². The van der Waals surface area contributed by atoms with Gasteiger partial charge in [0.05, 0.1) is 25.9 Å². The third kappa shape index (κ3) is 10.2. The molecule has 18 heavy (non-hydrogen) atoms. The van der Waals surface area contributed by atoms with Crippen LogP contribution in [0.3, 0.4) is 0 Å². The van der Waals surface area contributed by atoms with Crippen LogP contribution in [0.2, 0.25) is 0 Å². The van der Waals surface area contributed by atoms with E-state index in [2.05, 4.69) is 5.32 Å². The first kappa shape index (κ1) is 17.0. The first-order chi connectivity index (χ1) is 8.60. The largest absolute Gasteiger partial charge is 0.378 e. The fraction of sp³-hybridized carbons (Fsp3) is 0.833. The van der Waals surface area contributed by atoms with E-state index in [1.54, 1.807) is 0 Å². The van der Waals surface area contributed by atoms with E-state index < -0.39 is 6.04 Å². The summed E-state index contributed by atoms with van der Waals surface area (Å²) >= 11 is 0. The minimum atomic E-state index is -0.436. The van der Waals surface area contributed by atoms with Gasteiger partial charge in [0.1, 0.15) is 12.9 Å². The van der Waals surface area contributed by atoms with Crippen LogP contribution in [0.25, 0.3) is 0 Å². The Kier molecular flexibility index (Phi) is 10.5. The summed E-state index contributed by atoms with van der Waals surface area (Å²) in [6, 6.07) is -0.436. The minimum absolute atomic E-state index is 0.0611. The lowest BCUT2D eigenvalue weighted by Gasteiger charge is -2.14. The summed E-state index contributed by atoms with van der Waals surface area (Å²) < 4.78 is 10.2. The van der Waals surface area contributed by atoms with Crippen molar-refractivity contribution in [1.29, 1.82) is 0 Å². The normalized spacial score (nSPS) is 12.4. The highest BCUT2D eigenvalue weighted by atomic mass is 16.5. The van der Waals surface area contributed by atoms with Crippen LogP contribution < -0.4 is 11.1 Å². The quantitative estimate of drug-likeness (QED) is 0.393. The number of carbonyl (C=O) groups is 2. The lowest BCUT2D eigenvalue weighted by Crippen LogP contribution is -2.39. The average Bonchev–Trinajstić information content (AvgIpc) is 2.32. The van der Waals surface area contributed by atoms with E-state index in [1.807, 2.05) is 13.8 Å². The summed E-state index contributed by atoms with van der Waals surface area (Å²) in [5.41, 5.74) is 5.24. The molecule has 1 unspecified atom stereocenters. The van der Waals surface area contributed by atoms with Gasteiger partial charge in [-0.3, -0.25) is 4.79 Å². The number of nitrogens with one attached hydrogen (secondary N) is 1. The number of hydrogen-bond acceptors (Lipinski definition) is 5. The zero-order chi connectivity index (χ0) is 13.8. The molecule has 0 aromatic rings. The predicted molar refractivity (Wildman–Crippen MR) is 68.1 cm³/mol. The smallest absolute Gasteiger partial charge is 0.246 e. The molecule has 6 heteroatoms. The Bertz CT molecular complexity index is 234. The molecule has 0 aromatic carbocycles. The van der Waals surface area contributed by atoms with Gasteiger partial charge < -0.3 is 25.3 Å². The second-order valence-corrected chi connectivity index (χ2v) is 4.39. The van der Waals surface area contributed by atoms with Crippen LogP contribution >= 0.6 is 0 Å². The maximum atomic E-state index is 11.4. The standard InChI is InChI=1S/C12H24N2O4/c1-10(2)7-11(8-15)14-12(16)9-18-6-5-17-4-3-13/h8,10-11H,3-7,9,13H2,1-2H3,(H,14,16). The molecule has 0 aromatic heterocycles. The van der Waals surface area contributed by atoms with Crippen LogP contribution in [0.4, 0.5) is 0 Å². The first-order valence-corrected chi connectivity index (χ1v) is 6.20. The Labute approximate surface area is 108 Å². The molecule has 0 rings (SSSR count). The van der Waals surface area contributed by atoms with Crippen LogP contribution in [-0.2, 0) is 19.1 Å². The van der Waals surface area contributed by atoms with Crippen LogP contribution in [0.5, 0.6) is 0 Å². The Morgan fingerprint density at radius 1 is 1.28 bits per heavy atom. The summed E-state index contributed by atoms with van der Waals surface area (Å²) in [5, 5.41) is 2.61. The summed E-state index contributed by atoms with van der Waals surface area (Å²) in [4.78, 5) is 22.2. The summed E-state index contributed by atoms with van der Waals surface area (Å²) in [6.45, 7) is 5.63. The van der Waals surface area contributed by atoms with Gasteiger partial charge in [-0.2, -0.15) is 0 Å². The third-order valence-corrected chi connectivity index (χ3v) is 2.10. The molecule has 6 nitrogen and oxygen atoms in total. The molecule has 106 valence electrons. The van der Waals surface area contributed by atoms with E-state index in [9.17, 15) is 9.59 Å². The van der Waals surface area contributed by atoms with Crippen molar-refractivity contribution >= 4 is 12.2 Å². The molecule has 1 amide bonds. The van der Waals surface area contributed by atoms with Gasteiger partial charge in [0.2, 0.25) is 5.91 Å². The Morgan fingerprint density at radius 2 is 1.94 bits per heavy atom. The van der Waals surface area contributed by atoms with Crippen molar-refractivity contribution in [3.05, 3.63) is 0 Å². The second-order valence-electron chi connectivity index (χ2n) is 4.39. The molecular weight excluding hydrogens is 236 g/mol. The van der Waals surface area contributed by atoms with E-state index >= 15 is 0 Å². The first-order valence-electron chi connectivity index (χ1n) is 6.20. The highest BCUT2D eigenvalue weighted by molar-refractivity contribution is 5.80. The van der Waals surface area contributed by atoms with Crippen LogP contribution in [0.15, 0.2) is 0 Å². The average molecular weight is 260 g/mol. The Balaban J connectivity index is 3.59. The van der Waals surface area contributed by atoms with E-state index in [0.29, 0.717) is 38.7 Å². The van der Waals surface area contributed by atoms with Crippen molar-refractivity contribution in [3.8, 4) is 0 Å². The lowest BCUT2D eigenvalue weighted by atomic mass is 10.1. The molecule has 0 aliphatic rings. The van der Waals surface area contributed by atoms with Gasteiger partial charge in [0.25, 0.3) is 0 Å². The molecule has 1 atom stereocenters. The zero-order valence-electron chi connectivity index (χ0n) is 11.2. The molecule has 0 saturated heterocycles. The third-order valence-electron chi connectivity index (χ3n) is 2.10. The van der Waals surface area contributed by atoms with Gasteiger partial charge in [-0.15, -0.1) is 0 Å². The monoisotopic (exact) mass is 260 g/mol. The van der Waals surface area contributed by atoms with Crippen molar-refractivity contribution in [2.24, 2.45) is 11.7 Å². The van der Waals surface area contributed by atoms with Gasteiger partial charge in [-0.05, 0) is 12.3 Å². The number of carbonyl (C=O) groups excluding carboxylic acids is 2. The number of hydrogen-bond donors (Lipinski definition) is 2. The fourth-order valence-electron chi connectivity index (χ4n) is 1.37. The molecule has 0 saturated carbocycles.